The van der Waals surface area contributed by atoms with E-state index in [0.717, 1.165) is 23.4 Å². The van der Waals surface area contributed by atoms with E-state index < -0.39 is 0 Å². The average Bonchev–Trinajstić information content (AvgIpc) is 2.19. The summed E-state index contributed by atoms with van der Waals surface area (Å²) in [5.74, 6) is 0.817. The van der Waals surface area contributed by atoms with Crippen molar-refractivity contribution in [3.05, 3.63) is 24.3 Å². The molecule has 0 fully saturated rings. The molecule has 13 heavy (non-hydrogen) atoms. The third-order valence-corrected chi connectivity index (χ3v) is 2.15. The summed E-state index contributed by atoms with van der Waals surface area (Å²) in [6, 6.07) is 7.46. The van der Waals surface area contributed by atoms with Crippen LogP contribution in [-0.4, -0.2) is 11.4 Å². The van der Waals surface area contributed by atoms with Crippen molar-refractivity contribution in [3.8, 4) is 5.75 Å². The van der Waals surface area contributed by atoms with Crippen molar-refractivity contribution in [1.82, 2.24) is 0 Å². The van der Waals surface area contributed by atoms with E-state index in [2.05, 4.69) is 5.32 Å². The van der Waals surface area contributed by atoms with Gasteiger partial charge in [-0.15, -0.1) is 0 Å². The maximum Gasteiger partial charge on any atom is 0.153 e. The molecular formula is C8H10N2OS2. The van der Waals surface area contributed by atoms with E-state index in [9.17, 15) is 0 Å². The zero-order valence-corrected chi connectivity index (χ0v) is 8.74. The fraction of sp³-hybridized carbons (Fsp3) is 0.125. The maximum absolute atomic E-state index is 5.26. The van der Waals surface area contributed by atoms with Gasteiger partial charge in [0.2, 0.25) is 0 Å². The standard InChI is InChI=1S/C8H10N2OS2/c1-11-7-4-2-6(3-5-7)10-8(12)13-9/h2-5H,9H2,1H3,(H,10,12). The van der Waals surface area contributed by atoms with Gasteiger partial charge in [-0.3, -0.25) is 5.14 Å². The number of benzene rings is 1. The van der Waals surface area contributed by atoms with Gasteiger partial charge >= 0.3 is 0 Å². The third-order valence-electron chi connectivity index (χ3n) is 1.44. The van der Waals surface area contributed by atoms with Crippen LogP contribution in [0.25, 0.3) is 0 Å². The lowest BCUT2D eigenvalue weighted by Gasteiger charge is -2.05. The number of methoxy groups -OCH3 is 1. The lowest BCUT2D eigenvalue weighted by molar-refractivity contribution is 0.415. The second kappa shape index (κ2) is 5.06. The quantitative estimate of drug-likeness (QED) is 0.582. The number of hydrogen-bond donors (Lipinski definition) is 2. The molecule has 0 aromatic heterocycles. The third kappa shape index (κ3) is 3.22. The van der Waals surface area contributed by atoms with E-state index in [1.807, 2.05) is 24.3 Å². The van der Waals surface area contributed by atoms with Crippen LogP contribution in [0.5, 0.6) is 5.75 Å². The highest BCUT2D eigenvalue weighted by Gasteiger charge is 1.96. The minimum atomic E-state index is 0.546. The Bertz CT molecular complexity index is 287. The summed E-state index contributed by atoms with van der Waals surface area (Å²) in [7, 11) is 1.63. The lowest BCUT2D eigenvalue weighted by atomic mass is 10.3. The minimum absolute atomic E-state index is 0.546. The monoisotopic (exact) mass is 214 g/mol. The molecule has 3 N–H and O–H groups in total. The van der Waals surface area contributed by atoms with Crippen LogP contribution in [-0.2, 0) is 0 Å². The Kier molecular flexibility index (Phi) is 4.01. The van der Waals surface area contributed by atoms with E-state index in [0.29, 0.717) is 4.32 Å². The number of hydrogen-bond acceptors (Lipinski definition) is 4. The van der Waals surface area contributed by atoms with Gasteiger partial charge in [0.1, 0.15) is 5.75 Å². The predicted molar refractivity (Wildman–Crippen MR) is 61.0 cm³/mol. The molecule has 1 aromatic carbocycles. The molecule has 1 rings (SSSR count). The van der Waals surface area contributed by atoms with Crippen LogP contribution in [0.15, 0.2) is 24.3 Å². The molecule has 0 bridgehead atoms. The summed E-state index contributed by atoms with van der Waals surface area (Å²) >= 11 is 5.91. The average molecular weight is 214 g/mol. The van der Waals surface area contributed by atoms with Gasteiger partial charge in [0.15, 0.2) is 4.32 Å². The van der Waals surface area contributed by atoms with Crippen molar-refractivity contribution in [2.24, 2.45) is 5.14 Å². The van der Waals surface area contributed by atoms with E-state index in [1.54, 1.807) is 7.11 Å². The molecule has 0 amide bonds. The molecule has 0 aliphatic heterocycles. The van der Waals surface area contributed by atoms with Crippen LogP contribution >= 0.6 is 24.2 Å². The number of ether oxygens (including phenoxy) is 1. The van der Waals surface area contributed by atoms with Gasteiger partial charge in [-0.2, -0.15) is 0 Å². The van der Waals surface area contributed by atoms with Crippen LogP contribution in [0, 0.1) is 0 Å². The first kappa shape index (κ1) is 10.3. The van der Waals surface area contributed by atoms with Crippen LogP contribution < -0.4 is 15.2 Å². The summed E-state index contributed by atoms with van der Waals surface area (Å²) in [6.07, 6.45) is 0. The molecule has 0 atom stereocenters. The number of thiocarbonyl (C=S) groups is 1. The van der Waals surface area contributed by atoms with Crippen molar-refractivity contribution < 1.29 is 4.74 Å². The van der Waals surface area contributed by atoms with Crippen molar-refractivity contribution in [2.75, 3.05) is 12.4 Å². The van der Waals surface area contributed by atoms with Crippen molar-refractivity contribution >= 4 is 34.2 Å². The Hall–Kier alpha value is -0.780. The highest BCUT2D eigenvalue weighted by Crippen LogP contribution is 2.15. The van der Waals surface area contributed by atoms with Crippen molar-refractivity contribution in [1.29, 1.82) is 0 Å². The summed E-state index contributed by atoms with van der Waals surface area (Å²) in [5, 5.41) is 8.22. The van der Waals surface area contributed by atoms with Crippen LogP contribution in [0.1, 0.15) is 0 Å². The molecule has 0 saturated heterocycles. The second-order valence-electron chi connectivity index (χ2n) is 2.26. The van der Waals surface area contributed by atoms with Gasteiger partial charge < -0.3 is 10.1 Å². The fourth-order valence-corrected chi connectivity index (χ4v) is 1.12. The molecule has 0 saturated carbocycles. The molecule has 3 nitrogen and oxygen atoms in total. The molecule has 1 aromatic rings. The molecule has 0 heterocycles. The summed E-state index contributed by atoms with van der Waals surface area (Å²) in [4.78, 5) is 0. The molecular weight excluding hydrogens is 204 g/mol. The Balaban J connectivity index is 2.64. The van der Waals surface area contributed by atoms with Crippen LogP contribution in [0.4, 0.5) is 5.69 Å². The molecule has 5 heteroatoms. The summed E-state index contributed by atoms with van der Waals surface area (Å²) < 4.78 is 5.56. The van der Waals surface area contributed by atoms with Gasteiger partial charge in [0.25, 0.3) is 0 Å². The molecule has 0 spiro atoms. The Morgan fingerprint density at radius 3 is 2.54 bits per heavy atom. The first-order valence-corrected chi connectivity index (χ1v) is 4.87. The molecule has 0 aliphatic rings. The highest BCUT2D eigenvalue weighted by atomic mass is 32.2. The van der Waals surface area contributed by atoms with Crippen LogP contribution in [0.3, 0.4) is 0 Å². The van der Waals surface area contributed by atoms with Gasteiger partial charge in [-0.05, 0) is 36.2 Å². The van der Waals surface area contributed by atoms with Gasteiger partial charge in [-0.25, -0.2) is 0 Å². The Labute approximate surface area is 86.8 Å². The normalized spacial score (nSPS) is 9.38. The molecule has 70 valence electrons. The number of anilines is 1. The zero-order valence-electron chi connectivity index (χ0n) is 7.11. The predicted octanol–water partition coefficient (Wildman–Crippen LogP) is 2.00. The Morgan fingerprint density at radius 1 is 1.46 bits per heavy atom. The van der Waals surface area contributed by atoms with Gasteiger partial charge in [-0.1, -0.05) is 12.2 Å². The topological polar surface area (TPSA) is 47.3 Å². The summed E-state index contributed by atoms with van der Waals surface area (Å²) in [6.45, 7) is 0. The van der Waals surface area contributed by atoms with Gasteiger partial charge in [0.05, 0.1) is 7.11 Å². The molecule has 0 radical (unpaired) electrons. The maximum atomic E-state index is 5.26. The van der Waals surface area contributed by atoms with Gasteiger partial charge in [0, 0.05) is 5.69 Å². The Morgan fingerprint density at radius 2 is 2.08 bits per heavy atom. The molecule has 0 unspecified atom stereocenters. The number of nitrogens with one attached hydrogen (secondary N) is 1. The van der Waals surface area contributed by atoms with E-state index in [1.165, 1.54) is 0 Å². The molecule has 0 aliphatic carbocycles. The number of rotatable bonds is 2. The zero-order chi connectivity index (χ0) is 9.68. The lowest BCUT2D eigenvalue weighted by Crippen LogP contribution is -2.06. The SMILES string of the molecule is COc1ccc(NC(=S)SN)cc1. The minimum Gasteiger partial charge on any atom is -0.497 e. The van der Waals surface area contributed by atoms with Crippen molar-refractivity contribution in [2.45, 2.75) is 0 Å². The largest absolute Gasteiger partial charge is 0.497 e. The number of nitrogens with two attached hydrogens (primary N) is 1. The highest BCUT2D eigenvalue weighted by molar-refractivity contribution is 8.21. The van der Waals surface area contributed by atoms with Crippen molar-refractivity contribution in [3.63, 3.8) is 0 Å². The fourth-order valence-electron chi connectivity index (χ4n) is 0.822. The van der Waals surface area contributed by atoms with E-state index in [4.69, 9.17) is 22.1 Å². The van der Waals surface area contributed by atoms with Crippen LogP contribution in [0.2, 0.25) is 0 Å². The van der Waals surface area contributed by atoms with E-state index in [-0.39, 0.29) is 0 Å². The first-order valence-electron chi connectivity index (χ1n) is 3.58. The smallest absolute Gasteiger partial charge is 0.153 e. The van der Waals surface area contributed by atoms with E-state index >= 15 is 0 Å². The first-order chi connectivity index (χ1) is 6.26. The second-order valence-corrected chi connectivity index (χ2v) is 3.57. The summed E-state index contributed by atoms with van der Waals surface area (Å²) in [5.41, 5.74) is 0.906.